The van der Waals surface area contributed by atoms with Crippen molar-refractivity contribution in [2.24, 2.45) is 10.1 Å². The van der Waals surface area contributed by atoms with Crippen LogP contribution in [0.25, 0.3) is 11.8 Å². The van der Waals surface area contributed by atoms with Crippen LogP contribution < -0.4 is 0 Å². The first-order valence-electron chi connectivity index (χ1n) is 9.87. The smallest absolute Gasteiger partial charge is 0.283 e. The topological polar surface area (TPSA) is 73.8 Å². The zero-order chi connectivity index (χ0) is 22.4. The number of aliphatic imine (C=N–C) groups is 1. The first-order chi connectivity index (χ1) is 15.4. The van der Waals surface area contributed by atoms with Gasteiger partial charge in [-0.25, -0.2) is 0 Å². The van der Waals surface area contributed by atoms with Gasteiger partial charge in [0.05, 0.1) is 5.57 Å². The monoisotopic (exact) mass is 479 g/mol. The second kappa shape index (κ2) is 8.20. The Morgan fingerprint density at radius 2 is 2.03 bits per heavy atom. The molecule has 9 heteroatoms. The number of hydrogen-bond donors (Lipinski definition) is 1. The van der Waals surface area contributed by atoms with Crippen molar-refractivity contribution in [1.82, 2.24) is 9.58 Å². The Morgan fingerprint density at radius 1 is 1.19 bits per heavy atom. The van der Waals surface area contributed by atoms with Gasteiger partial charge in [-0.1, -0.05) is 23.7 Å². The fourth-order valence-corrected chi connectivity index (χ4v) is 5.66. The number of halogens is 1. The van der Waals surface area contributed by atoms with Crippen LogP contribution in [0.3, 0.4) is 0 Å². The van der Waals surface area contributed by atoms with Crippen molar-refractivity contribution in [2.45, 2.75) is 20.3 Å². The number of nitrogens with one attached hydrogen (secondary N) is 1. The number of carbonyl (C=O) groups is 1. The van der Waals surface area contributed by atoms with Crippen molar-refractivity contribution in [2.75, 3.05) is 0 Å². The summed E-state index contributed by atoms with van der Waals surface area (Å²) in [6.45, 7) is 3.98. The lowest BCUT2D eigenvalue weighted by Gasteiger charge is -2.20. The predicted octanol–water partition coefficient (Wildman–Crippen LogP) is 5.67. The number of hydrazone groups is 1. The maximum absolute atomic E-state index is 12.8. The number of carbonyl (C=O) groups excluding carboxylic acids is 1. The Labute approximate surface area is 198 Å². The average molecular weight is 480 g/mol. The van der Waals surface area contributed by atoms with Crippen LogP contribution in [-0.4, -0.2) is 31.5 Å². The van der Waals surface area contributed by atoms with Crippen LogP contribution in [0.5, 0.6) is 0 Å². The first kappa shape index (κ1) is 20.9. The molecule has 1 aromatic carbocycles. The van der Waals surface area contributed by atoms with Crippen LogP contribution in [-0.2, 0) is 11.2 Å². The van der Waals surface area contributed by atoms with E-state index in [-0.39, 0.29) is 11.4 Å². The normalized spacial score (nSPS) is 17.1. The molecule has 2 aliphatic heterocycles. The standard InChI is InChI=1S/C23H18ClN5OS2/c1-13-9-15(14(2)28(13)17-6-3-5-16(24)11-17)10-19-21(25)29-23(26-22(19)30)32-20(27-29)12-18-7-4-8-31-18/h3-11,25H,12H2,1-2H3. The molecule has 160 valence electrons. The van der Waals surface area contributed by atoms with Gasteiger partial charge in [-0.3, -0.25) is 10.2 Å². The molecule has 2 aliphatic rings. The summed E-state index contributed by atoms with van der Waals surface area (Å²) in [5.41, 5.74) is 3.97. The molecule has 0 bridgehead atoms. The van der Waals surface area contributed by atoms with Crippen molar-refractivity contribution >= 4 is 62.7 Å². The molecule has 1 amide bonds. The van der Waals surface area contributed by atoms with Crippen LogP contribution in [0.15, 0.2) is 63.5 Å². The average Bonchev–Trinajstić information content (AvgIpc) is 3.46. The third kappa shape index (κ3) is 3.74. The van der Waals surface area contributed by atoms with E-state index in [1.807, 2.05) is 61.7 Å². The third-order valence-electron chi connectivity index (χ3n) is 5.24. The second-order valence-electron chi connectivity index (χ2n) is 7.41. The minimum Gasteiger partial charge on any atom is -0.318 e. The molecular weight excluding hydrogens is 462 g/mol. The SMILES string of the molecule is Cc1cc(C=C2C(=N)N3N=C(Cc4cccs4)SC3=NC2=O)c(C)n1-c1cccc(Cl)c1. The van der Waals surface area contributed by atoms with E-state index in [2.05, 4.69) is 14.7 Å². The maximum atomic E-state index is 12.8. The third-order valence-corrected chi connectivity index (χ3v) is 7.26. The summed E-state index contributed by atoms with van der Waals surface area (Å²) in [6, 6.07) is 13.7. The lowest BCUT2D eigenvalue weighted by Crippen LogP contribution is -2.35. The van der Waals surface area contributed by atoms with Crippen molar-refractivity contribution < 1.29 is 4.79 Å². The number of fused-ring (bicyclic) bond motifs is 1. The van der Waals surface area contributed by atoms with Crippen LogP contribution in [0.1, 0.15) is 21.8 Å². The molecular formula is C23H18ClN5OS2. The molecule has 0 saturated carbocycles. The highest BCUT2D eigenvalue weighted by atomic mass is 35.5. The zero-order valence-electron chi connectivity index (χ0n) is 17.3. The van der Waals surface area contributed by atoms with Crippen molar-refractivity contribution in [3.8, 4) is 5.69 Å². The molecule has 32 heavy (non-hydrogen) atoms. The fraction of sp³-hybridized carbons (Fsp3) is 0.130. The number of amidine groups is 2. The van der Waals surface area contributed by atoms with E-state index in [0.717, 1.165) is 27.7 Å². The predicted molar refractivity (Wildman–Crippen MR) is 133 cm³/mol. The Balaban J connectivity index is 1.48. The Kier molecular flexibility index (Phi) is 5.36. The highest BCUT2D eigenvalue weighted by Crippen LogP contribution is 2.31. The molecule has 6 nitrogen and oxygen atoms in total. The number of hydrogen-bond acceptors (Lipinski definition) is 5. The Bertz CT molecular complexity index is 1350. The fourth-order valence-electron chi connectivity index (χ4n) is 3.77. The van der Waals surface area contributed by atoms with Gasteiger partial charge >= 0.3 is 0 Å². The largest absolute Gasteiger partial charge is 0.318 e. The summed E-state index contributed by atoms with van der Waals surface area (Å²) in [7, 11) is 0. The van der Waals surface area contributed by atoms with E-state index >= 15 is 0 Å². The second-order valence-corrected chi connectivity index (χ2v) is 9.92. The Hall–Kier alpha value is -2.94. The van der Waals surface area contributed by atoms with E-state index in [4.69, 9.17) is 17.0 Å². The number of nitrogens with zero attached hydrogens (tertiary/aromatic N) is 4. The molecule has 0 fully saturated rings. The van der Waals surface area contributed by atoms with Crippen LogP contribution in [0, 0.1) is 19.3 Å². The van der Waals surface area contributed by atoms with E-state index in [1.165, 1.54) is 21.6 Å². The minimum atomic E-state index is -0.422. The lowest BCUT2D eigenvalue weighted by molar-refractivity contribution is -0.114. The summed E-state index contributed by atoms with van der Waals surface area (Å²) >= 11 is 9.18. The highest BCUT2D eigenvalue weighted by molar-refractivity contribution is 8.27. The van der Waals surface area contributed by atoms with E-state index in [9.17, 15) is 4.79 Å². The van der Waals surface area contributed by atoms with Gasteiger partial charge < -0.3 is 4.57 Å². The summed E-state index contributed by atoms with van der Waals surface area (Å²) in [4.78, 5) is 18.2. The molecule has 0 unspecified atom stereocenters. The van der Waals surface area contributed by atoms with Gasteiger partial charge in [-0.15, -0.1) is 11.3 Å². The summed E-state index contributed by atoms with van der Waals surface area (Å²) in [6.07, 6.45) is 2.39. The minimum absolute atomic E-state index is 0.0428. The van der Waals surface area contributed by atoms with Gasteiger partial charge in [0, 0.05) is 33.4 Å². The molecule has 0 saturated heterocycles. The van der Waals surface area contributed by atoms with Crippen molar-refractivity contribution in [3.05, 3.63) is 80.3 Å². The van der Waals surface area contributed by atoms with Gasteiger partial charge in [-0.05, 0) is 73.0 Å². The lowest BCUT2D eigenvalue weighted by atomic mass is 10.1. The number of aromatic nitrogens is 1. The van der Waals surface area contributed by atoms with Gasteiger partial charge in [0.2, 0.25) is 5.17 Å². The number of benzene rings is 1. The van der Waals surface area contributed by atoms with Crippen LogP contribution in [0.2, 0.25) is 5.02 Å². The Morgan fingerprint density at radius 3 is 2.78 bits per heavy atom. The van der Waals surface area contributed by atoms with Gasteiger partial charge in [0.1, 0.15) is 5.04 Å². The molecule has 2 aromatic heterocycles. The zero-order valence-corrected chi connectivity index (χ0v) is 19.7. The van der Waals surface area contributed by atoms with Crippen LogP contribution in [0.4, 0.5) is 0 Å². The van der Waals surface area contributed by atoms with E-state index < -0.39 is 5.91 Å². The molecule has 1 N–H and O–H groups in total. The van der Waals surface area contributed by atoms with Gasteiger partial charge in [-0.2, -0.15) is 15.1 Å². The van der Waals surface area contributed by atoms with Crippen molar-refractivity contribution in [1.29, 1.82) is 5.41 Å². The quantitative estimate of drug-likeness (QED) is 0.490. The number of thiophene rings is 1. The molecule has 0 spiro atoms. The van der Waals surface area contributed by atoms with Gasteiger partial charge in [0.25, 0.3) is 5.91 Å². The summed E-state index contributed by atoms with van der Waals surface area (Å²) in [5, 5.41) is 18.6. The molecule has 0 aliphatic carbocycles. The molecule has 4 heterocycles. The van der Waals surface area contributed by atoms with E-state index in [0.29, 0.717) is 16.6 Å². The first-order valence-corrected chi connectivity index (χ1v) is 11.9. The number of amides is 1. The number of aryl methyl sites for hydroxylation is 1. The summed E-state index contributed by atoms with van der Waals surface area (Å²) < 4.78 is 2.08. The number of rotatable bonds is 4. The molecule has 0 radical (unpaired) electrons. The highest BCUT2D eigenvalue weighted by Gasteiger charge is 2.35. The summed E-state index contributed by atoms with van der Waals surface area (Å²) in [5.74, 6) is -0.380. The number of thioether (sulfide) groups is 1. The maximum Gasteiger partial charge on any atom is 0.283 e. The van der Waals surface area contributed by atoms with Crippen molar-refractivity contribution in [3.63, 3.8) is 0 Å². The van der Waals surface area contributed by atoms with Crippen LogP contribution >= 0.6 is 34.7 Å². The van der Waals surface area contributed by atoms with Gasteiger partial charge in [0.15, 0.2) is 5.84 Å². The molecule has 3 aromatic rings. The van der Waals surface area contributed by atoms with E-state index in [1.54, 1.807) is 17.4 Å². The molecule has 0 atom stereocenters. The molecule has 5 rings (SSSR count).